The predicted octanol–water partition coefficient (Wildman–Crippen LogP) is 4.59. The summed E-state index contributed by atoms with van der Waals surface area (Å²) < 4.78 is 2.17. The first-order valence-electron chi connectivity index (χ1n) is 5.97. The Bertz CT molecular complexity index is 547. The Morgan fingerprint density at radius 1 is 1.14 bits per heavy atom. The number of aliphatic carboxylic acids is 1. The molecule has 0 aromatic heterocycles. The van der Waals surface area contributed by atoms with Crippen molar-refractivity contribution in [2.75, 3.05) is 5.32 Å². The normalized spacial score (nSPS) is 12.7. The lowest BCUT2D eigenvalue weighted by atomic mass is 9.87. The fourth-order valence-electron chi connectivity index (χ4n) is 1.59. The molecule has 2 amide bonds. The maximum absolute atomic E-state index is 12.0. The number of urea groups is 1. The fourth-order valence-corrected chi connectivity index (χ4v) is 4.05. The summed E-state index contributed by atoms with van der Waals surface area (Å²) in [6, 6.07) is 1.98. The van der Waals surface area contributed by atoms with Gasteiger partial charge in [-0.2, -0.15) is 0 Å². The van der Waals surface area contributed by atoms with Gasteiger partial charge in [-0.25, -0.2) is 9.59 Å². The topological polar surface area (TPSA) is 78.4 Å². The lowest BCUT2D eigenvalue weighted by Gasteiger charge is -2.27. The Labute approximate surface area is 148 Å². The number of hydrogen-bond acceptors (Lipinski definition) is 2. The number of rotatable bonds is 3. The van der Waals surface area contributed by atoms with Crippen LogP contribution in [-0.4, -0.2) is 23.1 Å². The zero-order chi connectivity index (χ0) is 16.4. The molecule has 8 heteroatoms. The summed E-state index contributed by atoms with van der Waals surface area (Å²) in [6.07, 6.45) is 0. The van der Waals surface area contributed by atoms with Crippen LogP contribution < -0.4 is 10.6 Å². The van der Waals surface area contributed by atoms with Crippen molar-refractivity contribution in [2.24, 2.45) is 5.41 Å². The number of carbonyl (C=O) groups excluding carboxylic acids is 1. The highest BCUT2D eigenvalue weighted by atomic mass is 79.9. The first-order valence-corrected chi connectivity index (χ1v) is 8.35. The highest BCUT2D eigenvalue weighted by Crippen LogP contribution is 2.34. The molecular weight excluding hydrogens is 472 g/mol. The van der Waals surface area contributed by atoms with E-state index in [0.29, 0.717) is 14.6 Å². The van der Waals surface area contributed by atoms with Gasteiger partial charge in [0.15, 0.2) is 0 Å². The number of anilines is 1. The molecule has 0 saturated heterocycles. The lowest BCUT2D eigenvalue weighted by Crippen LogP contribution is -2.50. The molecule has 0 fully saturated rings. The number of nitrogens with one attached hydrogen (secondary N) is 2. The van der Waals surface area contributed by atoms with Crippen LogP contribution in [0.1, 0.15) is 20.8 Å². The van der Waals surface area contributed by atoms with Gasteiger partial charge in [0.2, 0.25) is 0 Å². The van der Waals surface area contributed by atoms with E-state index in [-0.39, 0.29) is 0 Å². The van der Waals surface area contributed by atoms with Crippen LogP contribution in [0, 0.1) is 5.41 Å². The number of benzene rings is 1. The van der Waals surface area contributed by atoms with Crippen LogP contribution in [0.4, 0.5) is 10.5 Å². The van der Waals surface area contributed by atoms with E-state index in [1.807, 2.05) is 0 Å². The van der Waals surface area contributed by atoms with Crippen LogP contribution in [0.25, 0.3) is 0 Å². The van der Waals surface area contributed by atoms with Crippen molar-refractivity contribution in [2.45, 2.75) is 26.8 Å². The molecule has 1 aromatic carbocycles. The van der Waals surface area contributed by atoms with E-state index in [2.05, 4.69) is 58.4 Å². The third kappa shape index (κ3) is 5.27. The van der Waals surface area contributed by atoms with Crippen LogP contribution in [0.5, 0.6) is 0 Å². The molecule has 3 N–H and O–H groups in total. The third-order valence-electron chi connectivity index (χ3n) is 2.63. The minimum Gasteiger partial charge on any atom is -0.480 e. The summed E-state index contributed by atoms with van der Waals surface area (Å²) in [4.78, 5) is 23.3. The van der Waals surface area contributed by atoms with Crippen molar-refractivity contribution in [3.63, 3.8) is 0 Å². The summed E-state index contributed by atoms with van der Waals surface area (Å²) >= 11 is 10.0. The van der Waals surface area contributed by atoms with Gasteiger partial charge >= 0.3 is 12.0 Å². The van der Waals surface area contributed by atoms with E-state index in [1.165, 1.54) is 0 Å². The van der Waals surface area contributed by atoms with Crippen LogP contribution >= 0.6 is 47.8 Å². The van der Waals surface area contributed by atoms with E-state index in [4.69, 9.17) is 0 Å². The van der Waals surface area contributed by atoms with Crippen LogP contribution in [0.15, 0.2) is 25.6 Å². The highest BCUT2D eigenvalue weighted by Gasteiger charge is 2.32. The molecule has 0 saturated carbocycles. The smallest absolute Gasteiger partial charge is 0.326 e. The van der Waals surface area contributed by atoms with Crippen molar-refractivity contribution >= 4 is 65.5 Å². The summed E-state index contributed by atoms with van der Waals surface area (Å²) in [5.41, 5.74) is -0.0779. The average molecular weight is 487 g/mol. The molecule has 0 radical (unpaired) electrons. The van der Waals surface area contributed by atoms with Gasteiger partial charge in [-0.05, 0) is 49.4 Å². The summed E-state index contributed by atoms with van der Waals surface area (Å²) in [7, 11) is 0. The van der Waals surface area contributed by atoms with Crippen molar-refractivity contribution in [1.29, 1.82) is 0 Å². The van der Waals surface area contributed by atoms with E-state index < -0.39 is 23.5 Å². The minimum atomic E-state index is -1.08. The molecule has 0 spiro atoms. The molecule has 0 aliphatic carbocycles. The van der Waals surface area contributed by atoms with Gasteiger partial charge in [-0.3, -0.25) is 0 Å². The van der Waals surface area contributed by atoms with Gasteiger partial charge in [0, 0.05) is 13.4 Å². The number of hydrogen-bond donors (Lipinski definition) is 3. The van der Waals surface area contributed by atoms with Gasteiger partial charge < -0.3 is 15.7 Å². The highest BCUT2D eigenvalue weighted by molar-refractivity contribution is 9.11. The number of halogens is 3. The molecule has 0 aliphatic rings. The fraction of sp³-hybridized carbons (Fsp3) is 0.385. The van der Waals surface area contributed by atoms with E-state index in [9.17, 15) is 14.7 Å². The Kier molecular flexibility index (Phi) is 6.24. The first kappa shape index (κ1) is 18.4. The lowest BCUT2D eigenvalue weighted by molar-refractivity contribution is -0.141. The molecule has 5 nitrogen and oxygen atoms in total. The summed E-state index contributed by atoms with van der Waals surface area (Å²) in [5, 5.41) is 14.3. The predicted molar refractivity (Wildman–Crippen MR) is 92.6 cm³/mol. The Balaban J connectivity index is 2.90. The summed E-state index contributed by atoms with van der Waals surface area (Å²) in [5.74, 6) is -1.08. The molecule has 0 bridgehead atoms. The quantitative estimate of drug-likeness (QED) is 0.584. The molecule has 116 valence electrons. The van der Waals surface area contributed by atoms with E-state index in [0.717, 1.165) is 4.47 Å². The van der Waals surface area contributed by atoms with Crippen molar-refractivity contribution in [3.05, 3.63) is 25.6 Å². The largest absolute Gasteiger partial charge is 0.480 e. The SMILES string of the molecule is CC(C)(C)C(NC(=O)Nc1c(Br)cc(Br)cc1Br)C(=O)O. The van der Waals surface area contributed by atoms with E-state index in [1.54, 1.807) is 32.9 Å². The van der Waals surface area contributed by atoms with E-state index >= 15 is 0 Å². The molecule has 1 atom stereocenters. The number of amides is 2. The second-order valence-corrected chi connectivity index (χ2v) is 8.10. The Hall–Kier alpha value is -0.600. The molecule has 1 aromatic rings. The van der Waals surface area contributed by atoms with Crippen molar-refractivity contribution in [1.82, 2.24) is 5.32 Å². The maximum Gasteiger partial charge on any atom is 0.326 e. The average Bonchev–Trinajstić information content (AvgIpc) is 2.28. The standard InChI is InChI=1S/C13H15Br3N2O3/c1-13(2,3)10(11(19)20)18-12(21)17-9-7(15)4-6(14)5-8(9)16/h4-5,10H,1-3H3,(H,19,20)(H2,17,18,21). The molecule has 1 rings (SSSR count). The molecular formula is C13H15Br3N2O3. The van der Waals surface area contributed by atoms with Gasteiger partial charge in [0.05, 0.1) is 5.69 Å². The monoisotopic (exact) mass is 484 g/mol. The van der Waals surface area contributed by atoms with Crippen LogP contribution in [0.3, 0.4) is 0 Å². The third-order valence-corrected chi connectivity index (χ3v) is 4.34. The van der Waals surface area contributed by atoms with Gasteiger partial charge in [0.25, 0.3) is 0 Å². The minimum absolute atomic E-state index is 0.522. The number of carboxylic acids is 1. The van der Waals surface area contributed by atoms with Crippen molar-refractivity contribution < 1.29 is 14.7 Å². The second kappa shape index (κ2) is 7.11. The van der Waals surface area contributed by atoms with Crippen molar-refractivity contribution in [3.8, 4) is 0 Å². The van der Waals surface area contributed by atoms with Gasteiger partial charge in [-0.1, -0.05) is 36.7 Å². The number of carboxylic acid groups (broad SMARTS) is 1. The molecule has 1 unspecified atom stereocenters. The van der Waals surface area contributed by atoms with Crippen LogP contribution in [-0.2, 0) is 4.79 Å². The molecule has 0 aliphatic heterocycles. The maximum atomic E-state index is 12.0. The molecule has 0 heterocycles. The molecule has 21 heavy (non-hydrogen) atoms. The Morgan fingerprint density at radius 2 is 1.62 bits per heavy atom. The Morgan fingerprint density at radius 3 is 2.00 bits per heavy atom. The second-order valence-electron chi connectivity index (χ2n) is 5.48. The zero-order valence-corrected chi connectivity index (χ0v) is 16.4. The van der Waals surface area contributed by atoms with Gasteiger partial charge in [-0.15, -0.1) is 0 Å². The van der Waals surface area contributed by atoms with Gasteiger partial charge in [0.1, 0.15) is 6.04 Å². The van der Waals surface area contributed by atoms with Crippen LogP contribution in [0.2, 0.25) is 0 Å². The summed E-state index contributed by atoms with van der Waals surface area (Å²) in [6.45, 7) is 5.24. The zero-order valence-electron chi connectivity index (χ0n) is 11.6. The number of carbonyl (C=O) groups is 2. The first-order chi connectivity index (χ1) is 9.52.